The summed E-state index contributed by atoms with van der Waals surface area (Å²) in [6.45, 7) is 7.40. The molecule has 0 aliphatic rings. The van der Waals surface area contributed by atoms with Gasteiger partial charge in [-0.2, -0.15) is 4.98 Å². The monoisotopic (exact) mass is 255 g/mol. The van der Waals surface area contributed by atoms with Crippen molar-refractivity contribution >= 4 is 5.97 Å². The van der Waals surface area contributed by atoms with Gasteiger partial charge in [0.25, 0.3) is 0 Å². The van der Waals surface area contributed by atoms with Gasteiger partial charge < -0.3 is 9.63 Å². The smallest absolute Gasteiger partial charge is 0.303 e. The van der Waals surface area contributed by atoms with Gasteiger partial charge >= 0.3 is 5.97 Å². The molecule has 0 bridgehead atoms. The van der Waals surface area contributed by atoms with Gasteiger partial charge in [-0.05, 0) is 26.8 Å². The van der Waals surface area contributed by atoms with Gasteiger partial charge in [0, 0.05) is 18.9 Å². The van der Waals surface area contributed by atoms with Crippen LogP contribution in [0.25, 0.3) is 0 Å². The van der Waals surface area contributed by atoms with Crippen LogP contribution in [-0.4, -0.2) is 38.7 Å². The molecule has 1 N–H and O–H groups in total. The molecule has 1 rings (SSSR count). The van der Waals surface area contributed by atoms with E-state index in [0.29, 0.717) is 37.3 Å². The number of nitrogens with zero attached hydrogens (tertiary/aromatic N) is 3. The quantitative estimate of drug-likeness (QED) is 0.761. The summed E-state index contributed by atoms with van der Waals surface area (Å²) in [5.41, 5.74) is 0. The second-order valence-corrected chi connectivity index (χ2v) is 4.52. The van der Waals surface area contributed by atoms with Crippen LogP contribution < -0.4 is 0 Å². The summed E-state index contributed by atoms with van der Waals surface area (Å²) in [4.78, 5) is 16.9. The van der Waals surface area contributed by atoms with Gasteiger partial charge in [-0.3, -0.25) is 9.69 Å². The largest absolute Gasteiger partial charge is 0.481 e. The number of aliphatic carboxylic acids is 1. The molecule has 0 unspecified atom stereocenters. The summed E-state index contributed by atoms with van der Waals surface area (Å²) in [5.74, 6) is 0.542. The Kier molecular flexibility index (Phi) is 5.77. The molecule has 0 spiro atoms. The van der Waals surface area contributed by atoms with E-state index in [-0.39, 0.29) is 6.42 Å². The summed E-state index contributed by atoms with van der Waals surface area (Å²) < 4.78 is 5.14. The molecular formula is C12H21N3O3. The first-order valence-electron chi connectivity index (χ1n) is 6.30. The molecule has 0 radical (unpaired) electrons. The number of carbonyl (C=O) groups is 1. The third-order valence-corrected chi connectivity index (χ3v) is 2.73. The number of carboxylic acid groups (broad SMARTS) is 1. The van der Waals surface area contributed by atoms with Crippen molar-refractivity contribution in [2.75, 3.05) is 6.54 Å². The highest BCUT2D eigenvalue weighted by molar-refractivity contribution is 5.66. The van der Waals surface area contributed by atoms with E-state index < -0.39 is 5.97 Å². The van der Waals surface area contributed by atoms with Crippen molar-refractivity contribution in [3.05, 3.63) is 11.7 Å². The topological polar surface area (TPSA) is 79.5 Å². The molecule has 0 aliphatic carbocycles. The molecule has 0 saturated heterocycles. The number of aryl methyl sites for hydroxylation is 1. The highest BCUT2D eigenvalue weighted by Gasteiger charge is 2.14. The lowest BCUT2D eigenvalue weighted by atomic mass is 10.2. The number of hydrogen-bond acceptors (Lipinski definition) is 5. The van der Waals surface area contributed by atoms with Gasteiger partial charge in [-0.1, -0.05) is 12.1 Å². The number of hydrogen-bond donors (Lipinski definition) is 1. The van der Waals surface area contributed by atoms with E-state index in [1.807, 2.05) is 6.92 Å². The van der Waals surface area contributed by atoms with Crippen molar-refractivity contribution in [2.45, 2.75) is 52.6 Å². The Bertz CT molecular complexity index is 376. The maximum absolute atomic E-state index is 10.5. The average molecular weight is 255 g/mol. The van der Waals surface area contributed by atoms with Crippen molar-refractivity contribution in [1.82, 2.24) is 15.0 Å². The normalized spacial score (nSPS) is 11.4. The number of carboxylic acids is 1. The fourth-order valence-corrected chi connectivity index (χ4v) is 1.62. The average Bonchev–Trinajstić information content (AvgIpc) is 2.74. The van der Waals surface area contributed by atoms with Crippen LogP contribution in [-0.2, 0) is 17.8 Å². The summed E-state index contributed by atoms with van der Waals surface area (Å²) in [5, 5.41) is 12.5. The van der Waals surface area contributed by atoms with Gasteiger partial charge in [-0.25, -0.2) is 0 Å². The van der Waals surface area contributed by atoms with Gasteiger partial charge in [0.2, 0.25) is 5.89 Å². The Morgan fingerprint density at radius 2 is 2.22 bits per heavy atom. The van der Waals surface area contributed by atoms with Gasteiger partial charge in [0.1, 0.15) is 0 Å². The lowest BCUT2D eigenvalue weighted by molar-refractivity contribution is -0.137. The van der Waals surface area contributed by atoms with Crippen LogP contribution >= 0.6 is 0 Å². The summed E-state index contributed by atoms with van der Waals surface area (Å²) in [6.07, 6.45) is 1.57. The third-order valence-electron chi connectivity index (χ3n) is 2.73. The van der Waals surface area contributed by atoms with Crippen LogP contribution in [0.2, 0.25) is 0 Å². The van der Waals surface area contributed by atoms with Crippen LogP contribution in [0.3, 0.4) is 0 Å². The van der Waals surface area contributed by atoms with Crippen molar-refractivity contribution in [2.24, 2.45) is 0 Å². The molecule has 1 heterocycles. The first kappa shape index (κ1) is 14.6. The first-order valence-corrected chi connectivity index (χ1v) is 6.30. The van der Waals surface area contributed by atoms with Crippen LogP contribution in [0.4, 0.5) is 0 Å². The minimum atomic E-state index is -0.759. The van der Waals surface area contributed by atoms with E-state index in [1.165, 1.54) is 0 Å². The molecule has 102 valence electrons. The maximum atomic E-state index is 10.5. The van der Waals surface area contributed by atoms with Crippen molar-refractivity contribution < 1.29 is 14.4 Å². The minimum absolute atomic E-state index is 0.188. The molecule has 18 heavy (non-hydrogen) atoms. The molecule has 0 aliphatic heterocycles. The fourth-order valence-electron chi connectivity index (χ4n) is 1.62. The Morgan fingerprint density at radius 3 is 2.72 bits per heavy atom. The molecule has 1 aromatic rings. The molecule has 6 nitrogen and oxygen atoms in total. The predicted octanol–water partition coefficient (Wildman–Crippen LogP) is 1.71. The summed E-state index contributed by atoms with van der Waals surface area (Å²) in [7, 11) is 0. The molecule has 6 heteroatoms. The highest BCUT2D eigenvalue weighted by atomic mass is 16.5. The van der Waals surface area contributed by atoms with E-state index in [2.05, 4.69) is 28.9 Å². The molecule has 1 aromatic heterocycles. The lowest BCUT2D eigenvalue weighted by Gasteiger charge is -2.24. The minimum Gasteiger partial charge on any atom is -0.481 e. The summed E-state index contributed by atoms with van der Waals surface area (Å²) in [6, 6.07) is 0.316. The molecule has 0 atom stereocenters. The van der Waals surface area contributed by atoms with Crippen molar-refractivity contribution in [1.29, 1.82) is 0 Å². The standard InChI is InChI=1S/C12H21N3O3/c1-4-10-13-11(18-14-10)8-15(9(2)3)7-5-6-12(16)17/h9H,4-8H2,1-3H3,(H,16,17). The SMILES string of the molecule is CCc1noc(CN(CCCC(=O)O)C(C)C)n1. The van der Waals surface area contributed by atoms with Crippen LogP contribution in [0.1, 0.15) is 45.3 Å². The Labute approximate surface area is 107 Å². The Morgan fingerprint density at radius 1 is 1.50 bits per heavy atom. The van der Waals surface area contributed by atoms with E-state index in [1.54, 1.807) is 0 Å². The lowest BCUT2D eigenvalue weighted by Crippen LogP contribution is -2.31. The summed E-state index contributed by atoms with van der Waals surface area (Å²) >= 11 is 0. The number of aromatic nitrogens is 2. The molecule has 0 aromatic carbocycles. The van der Waals surface area contributed by atoms with Crippen molar-refractivity contribution in [3.63, 3.8) is 0 Å². The fraction of sp³-hybridized carbons (Fsp3) is 0.750. The predicted molar refractivity (Wildman–Crippen MR) is 66.1 cm³/mol. The zero-order valence-electron chi connectivity index (χ0n) is 11.2. The molecular weight excluding hydrogens is 234 g/mol. The van der Waals surface area contributed by atoms with Gasteiger partial charge in [0.15, 0.2) is 5.82 Å². The van der Waals surface area contributed by atoms with Crippen LogP contribution in [0.15, 0.2) is 4.52 Å². The Hall–Kier alpha value is -1.43. The second-order valence-electron chi connectivity index (χ2n) is 4.52. The van der Waals surface area contributed by atoms with Crippen molar-refractivity contribution in [3.8, 4) is 0 Å². The molecule has 0 fully saturated rings. The van der Waals surface area contributed by atoms with Crippen LogP contribution in [0, 0.1) is 0 Å². The van der Waals surface area contributed by atoms with Gasteiger partial charge in [-0.15, -0.1) is 0 Å². The number of rotatable bonds is 8. The Balaban J connectivity index is 2.49. The molecule has 0 amide bonds. The van der Waals surface area contributed by atoms with E-state index >= 15 is 0 Å². The second kappa shape index (κ2) is 7.10. The van der Waals surface area contributed by atoms with E-state index in [9.17, 15) is 4.79 Å². The van der Waals surface area contributed by atoms with E-state index in [0.717, 1.165) is 6.42 Å². The maximum Gasteiger partial charge on any atom is 0.303 e. The van der Waals surface area contributed by atoms with Crippen LogP contribution in [0.5, 0.6) is 0 Å². The first-order chi connectivity index (χ1) is 8.52. The zero-order chi connectivity index (χ0) is 13.5. The van der Waals surface area contributed by atoms with Gasteiger partial charge in [0.05, 0.1) is 6.54 Å². The zero-order valence-corrected chi connectivity index (χ0v) is 11.2. The highest BCUT2D eigenvalue weighted by Crippen LogP contribution is 2.08. The molecule has 0 saturated carbocycles. The third kappa shape index (κ3) is 4.83. The van der Waals surface area contributed by atoms with E-state index in [4.69, 9.17) is 9.63 Å².